The zero-order chi connectivity index (χ0) is 15.8. The Morgan fingerprint density at radius 1 is 0.955 bits per heavy atom. The van der Waals surface area contributed by atoms with Crippen molar-refractivity contribution in [2.75, 3.05) is 12.4 Å². The Morgan fingerprint density at radius 3 is 2.14 bits per heavy atom. The number of carbonyl (C=O) groups is 2. The molecule has 2 aromatic carbocycles. The summed E-state index contributed by atoms with van der Waals surface area (Å²) in [5, 5.41) is 5.48. The number of amides is 1. The Morgan fingerprint density at radius 2 is 1.55 bits per heavy atom. The molecule has 0 aliphatic rings. The van der Waals surface area contributed by atoms with E-state index >= 15 is 0 Å². The van der Waals surface area contributed by atoms with Crippen LogP contribution in [0.4, 0.5) is 5.69 Å². The number of para-hydroxylation sites is 1. The van der Waals surface area contributed by atoms with Crippen molar-refractivity contribution < 1.29 is 14.3 Å². The molecule has 0 saturated carbocycles. The summed E-state index contributed by atoms with van der Waals surface area (Å²) in [6, 6.07) is 17.9. The molecule has 0 unspecified atom stereocenters. The lowest BCUT2D eigenvalue weighted by Gasteiger charge is -2.09. The molecule has 5 nitrogen and oxygen atoms in total. The van der Waals surface area contributed by atoms with Gasteiger partial charge < -0.3 is 15.4 Å². The third-order valence-corrected chi connectivity index (χ3v) is 2.85. The molecule has 0 aliphatic carbocycles. The van der Waals surface area contributed by atoms with Crippen molar-refractivity contribution in [1.29, 1.82) is 0 Å². The summed E-state index contributed by atoms with van der Waals surface area (Å²) in [4.78, 5) is 23.9. The molecule has 2 aromatic rings. The van der Waals surface area contributed by atoms with Crippen molar-refractivity contribution in [3.63, 3.8) is 0 Å². The molecule has 112 valence electrons. The van der Waals surface area contributed by atoms with Crippen LogP contribution >= 0.6 is 0 Å². The van der Waals surface area contributed by atoms with Crippen molar-refractivity contribution in [3.05, 3.63) is 78.1 Å². The number of carbonyl (C=O) groups excluding carboxylic acids is 2. The number of anilines is 1. The zero-order valence-corrected chi connectivity index (χ0v) is 12.1. The lowest BCUT2D eigenvalue weighted by atomic mass is 10.2. The van der Waals surface area contributed by atoms with Gasteiger partial charge in [0.25, 0.3) is 5.91 Å². The van der Waals surface area contributed by atoms with E-state index in [2.05, 4.69) is 15.4 Å². The van der Waals surface area contributed by atoms with Crippen LogP contribution in [0.25, 0.3) is 0 Å². The maximum absolute atomic E-state index is 12.1. The van der Waals surface area contributed by atoms with Crippen LogP contribution in [0.1, 0.15) is 10.4 Å². The van der Waals surface area contributed by atoms with Gasteiger partial charge in [-0.2, -0.15) is 0 Å². The van der Waals surface area contributed by atoms with Crippen molar-refractivity contribution in [2.45, 2.75) is 0 Å². The van der Waals surface area contributed by atoms with Gasteiger partial charge in [-0.3, -0.25) is 4.79 Å². The summed E-state index contributed by atoms with van der Waals surface area (Å²) < 4.78 is 4.68. The number of esters is 1. The molecule has 2 N–H and O–H groups in total. The van der Waals surface area contributed by atoms with Crippen LogP contribution in [0.15, 0.2) is 72.6 Å². The highest BCUT2D eigenvalue weighted by atomic mass is 16.5. The van der Waals surface area contributed by atoms with Gasteiger partial charge in [0, 0.05) is 17.5 Å². The molecule has 0 atom stereocenters. The second-order valence-electron chi connectivity index (χ2n) is 4.38. The summed E-state index contributed by atoms with van der Waals surface area (Å²) in [5.41, 5.74) is 1.27. The van der Waals surface area contributed by atoms with E-state index in [-0.39, 0.29) is 11.6 Å². The van der Waals surface area contributed by atoms with Gasteiger partial charge in [0.2, 0.25) is 0 Å². The zero-order valence-electron chi connectivity index (χ0n) is 12.1. The monoisotopic (exact) mass is 296 g/mol. The lowest BCUT2D eigenvalue weighted by Crippen LogP contribution is -2.28. The van der Waals surface area contributed by atoms with Crippen LogP contribution in [0.5, 0.6) is 0 Å². The molecule has 22 heavy (non-hydrogen) atoms. The predicted molar refractivity (Wildman–Crippen MR) is 84.1 cm³/mol. The standard InChI is InChI=1S/C17H16N2O3/c1-22-17(21)15(12-18-14-10-6-3-7-11-14)19-16(20)13-8-4-2-5-9-13/h2-12,18H,1H3,(H,19,20)/b15-12-. The van der Waals surface area contributed by atoms with Gasteiger partial charge in [-0.15, -0.1) is 0 Å². The molecule has 0 heterocycles. The SMILES string of the molecule is COC(=O)/C(=C/Nc1ccccc1)NC(=O)c1ccccc1. The molecule has 0 bridgehead atoms. The van der Waals surface area contributed by atoms with Crippen molar-refractivity contribution in [1.82, 2.24) is 5.32 Å². The van der Waals surface area contributed by atoms with Crippen LogP contribution < -0.4 is 10.6 Å². The van der Waals surface area contributed by atoms with Gasteiger partial charge in [0.1, 0.15) is 5.70 Å². The third kappa shape index (κ3) is 4.21. The largest absolute Gasteiger partial charge is 0.464 e. The molecule has 1 amide bonds. The first-order valence-corrected chi connectivity index (χ1v) is 6.67. The molecule has 0 aliphatic heterocycles. The number of hydrogen-bond acceptors (Lipinski definition) is 4. The Kier molecular flexibility index (Phi) is 5.31. The second kappa shape index (κ2) is 7.64. The molecule has 0 spiro atoms. The number of hydrogen-bond donors (Lipinski definition) is 2. The molecular weight excluding hydrogens is 280 g/mol. The highest BCUT2D eigenvalue weighted by molar-refractivity contribution is 6.01. The minimum atomic E-state index is -0.632. The molecule has 5 heteroatoms. The molecule has 0 radical (unpaired) electrons. The Hall–Kier alpha value is -3.08. The van der Waals surface area contributed by atoms with Crippen molar-refractivity contribution >= 4 is 17.6 Å². The summed E-state index contributed by atoms with van der Waals surface area (Å²) >= 11 is 0. The van der Waals surface area contributed by atoms with Gasteiger partial charge in [-0.1, -0.05) is 36.4 Å². The van der Waals surface area contributed by atoms with E-state index in [1.807, 2.05) is 36.4 Å². The highest BCUT2D eigenvalue weighted by Crippen LogP contribution is 2.07. The lowest BCUT2D eigenvalue weighted by molar-refractivity contribution is -0.136. The van der Waals surface area contributed by atoms with E-state index in [1.165, 1.54) is 13.3 Å². The predicted octanol–water partition coefficient (Wildman–Crippen LogP) is 2.54. The first-order valence-electron chi connectivity index (χ1n) is 6.67. The molecule has 2 rings (SSSR count). The minimum Gasteiger partial charge on any atom is -0.464 e. The van der Waals surface area contributed by atoms with E-state index in [9.17, 15) is 9.59 Å². The van der Waals surface area contributed by atoms with Crippen LogP contribution in [0.2, 0.25) is 0 Å². The van der Waals surface area contributed by atoms with Gasteiger partial charge in [-0.25, -0.2) is 4.79 Å². The summed E-state index contributed by atoms with van der Waals surface area (Å²) in [6.07, 6.45) is 1.40. The normalized spacial score (nSPS) is 10.7. The summed E-state index contributed by atoms with van der Waals surface area (Å²) in [6.45, 7) is 0. The Bertz CT molecular complexity index is 667. The topological polar surface area (TPSA) is 67.4 Å². The summed E-state index contributed by atoms with van der Waals surface area (Å²) in [7, 11) is 1.26. The molecule has 0 aromatic heterocycles. The maximum atomic E-state index is 12.1. The number of ether oxygens (including phenoxy) is 1. The smallest absolute Gasteiger partial charge is 0.356 e. The van der Waals surface area contributed by atoms with E-state index in [0.29, 0.717) is 5.56 Å². The fourth-order valence-corrected chi connectivity index (χ4v) is 1.73. The number of benzene rings is 2. The average Bonchev–Trinajstić information content (AvgIpc) is 2.59. The molecular formula is C17H16N2O3. The van der Waals surface area contributed by atoms with Gasteiger partial charge in [-0.05, 0) is 24.3 Å². The van der Waals surface area contributed by atoms with Crippen LogP contribution in [0, 0.1) is 0 Å². The van der Waals surface area contributed by atoms with E-state index in [4.69, 9.17) is 0 Å². The van der Waals surface area contributed by atoms with E-state index in [0.717, 1.165) is 5.69 Å². The Balaban J connectivity index is 2.13. The second-order valence-corrected chi connectivity index (χ2v) is 4.38. The van der Waals surface area contributed by atoms with Gasteiger partial charge in [0.05, 0.1) is 7.11 Å². The minimum absolute atomic E-state index is 0.0280. The maximum Gasteiger partial charge on any atom is 0.356 e. The van der Waals surface area contributed by atoms with Gasteiger partial charge >= 0.3 is 5.97 Å². The fraction of sp³-hybridized carbons (Fsp3) is 0.0588. The number of nitrogens with one attached hydrogen (secondary N) is 2. The van der Waals surface area contributed by atoms with Gasteiger partial charge in [0.15, 0.2) is 0 Å². The first kappa shape index (κ1) is 15.3. The van der Waals surface area contributed by atoms with Crippen LogP contribution in [-0.4, -0.2) is 19.0 Å². The third-order valence-electron chi connectivity index (χ3n) is 2.85. The summed E-state index contributed by atoms with van der Waals surface area (Å²) in [5.74, 6) is -1.01. The van der Waals surface area contributed by atoms with Crippen LogP contribution in [-0.2, 0) is 9.53 Å². The van der Waals surface area contributed by atoms with Crippen LogP contribution in [0.3, 0.4) is 0 Å². The van der Waals surface area contributed by atoms with Crippen molar-refractivity contribution in [2.24, 2.45) is 0 Å². The average molecular weight is 296 g/mol. The quantitative estimate of drug-likeness (QED) is 0.657. The van der Waals surface area contributed by atoms with E-state index < -0.39 is 5.97 Å². The number of methoxy groups -OCH3 is 1. The highest BCUT2D eigenvalue weighted by Gasteiger charge is 2.14. The Labute approximate surface area is 128 Å². The first-order chi connectivity index (χ1) is 10.7. The number of rotatable bonds is 5. The van der Waals surface area contributed by atoms with Crippen molar-refractivity contribution in [3.8, 4) is 0 Å². The fourth-order valence-electron chi connectivity index (χ4n) is 1.73. The van der Waals surface area contributed by atoms with E-state index in [1.54, 1.807) is 24.3 Å². The molecule has 0 saturated heterocycles. The molecule has 0 fully saturated rings.